The first-order valence-corrected chi connectivity index (χ1v) is 8.97. The van der Waals surface area contributed by atoms with Gasteiger partial charge in [-0.2, -0.15) is 0 Å². The van der Waals surface area contributed by atoms with Crippen LogP contribution in [0.3, 0.4) is 0 Å². The molecule has 0 bridgehead atoms. The zero-order valence-electron chi connectivity index (χ0n) is 14.5. The lowest BCUT2D eigenvalue weighted by Crippen LogP contribution is -2.30. The summed E-state index contributed by atoms with van der Waals surface area (Å²) in [4.78, 5) is 24.3. The van der Waals surface area contributed by atoms with Crippen LogP contribution in [0.2, 0.25) is 10.0 Å². The highest BCUT2D eigenvalue weighted by molar-refractivity contribution is 6.34. The van der Waals surface area contributed by atoms with E-state index in [-0.39, 0.29) is 16.8 Å². The van der Waals surface area contributed by atoms with Crippen molar-refractivity contribution in [2.24, 2.45) is 0 Å². The molecule has 26 heavy (non-hydrogen) atoms. The zero-order valence-corrected chi connectivity index (χ0v) is 16.0. The van der Waals surface area contributed by atoms with E-state index in [1.54, 1.807) is 43.3 Å². The second-order valence-electron chi connectivity index (χ2n) is 5.65. The minimum Gasteiger partial charge on any atom is -0.481 e. The number of halogens is 2. The smallest absolute Gasteiger partial charge is 0.265 e. The van der Waals surface area contributed by atoms with Crippen molar-refractivity contribution >= 4 is 40.7 Å². The number of anilines is 1. The second kappa shape index (κ2) is 9.46. The molecule has 0 fully saturated rings. The van der Waals surface area contributed by atoms with Crippen molar-refractivity contribution in [3.63, 3.8) is 0 Å². The fourth-order valence-corrected chi connectivity index (χ4v) is 2.52. The summed E-state index contributed by atoms with van der Waals surface area (Å²) in [6, 6.07) is 11.5. The van der Waals surface area contributed by atoms with Crippen LogP contribution in [0.4, 0.5) is 5.69 Å². The molecule has 0 saturated heterocycles. The standard InChI is InChI=1S/C19H20Cl2N2O3/c1-3-10-22-19(25)16-9-6-14(11-17(16)21)23-18(24)12(2)26-15-7-4-13(20)5-8-15/h4-9,11-12H,3,10H2,1-2H3,(H,22,25)(H,23,24). The highest BCUT2D eigenvalue weighted by atomic mass is 35.5. The Balaban J connectivity index is 1.98. The van der Waals surface area contributed by atoms with E-state index >= 15 is 0 Å². The highest BCUT2D eigenvalue weighted by Crippen LogP contribution is 2.22. The Morgan fingerprint density at radius 1 is 1.12 bits per heavy atom. The van der Waals surface area contributed by atoms with Crippen LogP contribution < -0.4 is 15.4 Å². The van der Waals surface area contributed by atoms with E-state index in [9.17, 15) is 9.59 Å². The Labute approximate surface area is 162 Å². The van der Waals surface area contributed by atoms with E-state index < -0.39 is 6.10 Å². The van der Waals surface area contributed by atoms with E-state index in [2.05, 4.69) is 10.6 Å². The normalized spacial score (nSPS) is 11.5. The van der Waals surface area contributed by atoms with E-state index in [1.165, 1.54) is 6.07 Å². The maximum atomic E-state index is 12.3. The molecule has 0 heterocycles. The summed E-state index contributed by atoms with van der Waals surface area (Å²) in [6.07, 6.45) is 0.116. The number of nitrogens with one attached hydrogen (secondary N) is 2. The van der Waals surface area contributed by atoms with Crippen LogP contribution in [0.15, 0.2) is 42.5 Å². The Bertz CT molecular complexity index is 779. The fraction of sp³-hybridized carbons (Fsp3) is 0.263. The highest BCUT2D eigenvalue weighted by Gasteiger charge is 2.16. The topological polar surface area (TPSA) is 67.4 Å². The molecule has 0 aliphatic carbocycles. The molecule has 0 spiro atoms. The lowest BCUT2D eigenvalue weighted by atomic mass is 10.2. The number of hydrogen-bond acceptors (Lipinski definition) is 3. The molecular formula is C19H20Cl2N2O3. The summed E-state index contributed by atoms with van der Waals surface area (Å²) in [7, 11) is 0. The molecule has 0 saturated carbocycles. The molecule has 1 unspecified atom stereocenters. The van der Waals surface area contributed by atoms with Gasteiger partial charge in [0.1, 0.15) is 5.75 Å². The van der Waals surface area contributed by atoms with Crippen molar-refractivity contribution < 1.29 is 14.3 Å². The van der Waals surface area contributed by atoms with Gasteiger partial charge in [0, 0.05) is 17.3 Å². The van der Waals surface area contributed by atoms with Crippen LogP contribution in [-0.2, 0) is 4.79 Å². The number of rotatable bonds is 7. The SMILES string of the molecule is CCCNC(=O)c1ccc(NC(=O)C(C)Oc2ccc(Cl)cc2)cc1Cl. The van der Waals surface area contributed by atoms with Gasteiger partial charge in [0.25, 0.3) is 11.8 Å². The first kappa shape index (κ1) is 20.1. The van der Waals surface area contributed by atoms with Crippen LogP contribution in [-0.4, -0.2) is 24.5 Å². The minimum atomic E-state index is -0.720. The predicted molar refractivity (Wildman–Crippen MR) is 104 cm³/mol. The Morgan fingerprint density at radius 3 is 2.42 bits per heavy atom. The van der Waals surface area contributed by atoms with E-state index in [4.69, 9.17) is 27.9 Å². The molecule has 2 aromatic carbocycles. The minimum absolute atomic E-state index is 0.242. The maximum Gasteiger partial charge on any atom is 0.265 e. The first-order chi connectivity index (χ1) is 12.4. The summed E-state index contributed by atoms with van der Waals surface area (Å²) in [5.74, 6) is -0.0357. The first-order valence-electron chi connectivity index (χ1n) is 8.21. The predicted octanol–water partition coefficient (Wildman–Crippen LogP) is 4.54. The molecule has 2 rings (SSSR count). The third-order valence-electron chi connectivity index (χ3n) is 3.51. The van der Waals surface area contributed by atoms with Crippen LogP contribution in [0.25, 0.3) is 0 Å². The molecule has 0 aromatic heterocycles. The van der Waals surface area contributed by atoms with Gasteiger partial charge in [0.15, 0.2) is 6.10 Å². The van der Waals surface area contributed by atoms with E-state index in [1.807, 2.05) is 6.92 Å². The molecule has 7 heteroatoms. The molecule has 0 aliphatic rings. The van der Waals surface area contributed by atoms with Crippen LogP contribution in [0, 0.1) is 0 Å². The Hall–Kier alpha value is -2.24. The molecule has 0 aliphatic heterocycles. The van der Waals surface area contributed by atoms with Gasteiger partial charge in [-0.15, -0.1) is 0 Å². The van der Waals surface area contributed by atoms with Crippen molar-refractivity contribution in [1.82, 2.24) is 5.32 Å². The van der Waals surface area contributed by atoms with Crippen molar-refractivity contribution in [1.29, 1.82) is 0 Å². The molecule has 2 amide bonds. The summed E-state index contributed by atoms with van der Waals surface area (Å²) in [5, 5.41) is 6.33. The van der Waals surface area contributed by atoms with Gasteiger partial charge in [0.2, 0.25) is 0 Å². The molecule has 5 nitrogen and oxygen atoms in total. The number of hydrogen-bond donors (Lipinski definition) is 2. The lowest BCUT2D eigenvalue weighted by Gasteiger charge is -2.15. The molecule has 2 aromatic rings. The maximum absolute atomic E-state index is 12.3. The van der Waals surface area contributed by atoms with Gasteiger partial charge in [0.05, 0.1) is 10.6 Å². The summed E-state index contributed by atoms with van der Waals surface area (Å²) >= 11 is 12.0. The van der Waals surface area contributed by atoms with Gasteiger partial charge in [-0.25, -0.2) is 0 Å². The van der Waals surface area contributed by atoms with Gasteiger partial charge in [-0.05, 0) is 55.8 Å². The number of carbonyl (C=O) groups is 2. The third kappa shape index (κ3) is 5.64. The van der Waals surface area contributed by atoms with Gasteiger partial charge >= 0.3 is 0 Å². The van der Waals surface area contributed by atoms with Gasteiger partial charge in [-0.3, -0.25) is 9.59 Å². The summed E-state index contributed by atoms with van der Waals surface area (Å²) in [6.45, 7) is 4.18. The second-order valence-corrected chi connectivity index (χ2v) is 6.50. The molecular weight excluding hydrogens is 375 g/mol. The number of amides is 2. The Kier molecular flexibility index (Phi) is 7.30. The fourth-order valence-electron chi connectivity index (χ4n) is 2.13. The lowest BCUT2D eigenvalue weighted by molar-refractivity contribution is -0.122. The van der Waals surface area contributed by atoms with Gasteiger partial charge in [-0.1, -0.05) is 30.1 Å². The van der Waals surface area contributed by atoms with E-state index in [0.29, 0.717) is 28.6 Å². The van der Waals surface area contributed by atoms with Crippen molar-refractivity contribution in [3.8, 4) is 5.75 Å². The van der Waals surface area contributed by atoms with Crippen molar-refractivity contribution in [2.45, 2.75) is 26.4 Å². The third-order valence-corrected chi connectivity index (χ3v) is 4.08. The van der Waals surface area contributed by atoms with E-state index in [0.717, 1.165) is 6.42 Å². The van der Waals surface area contributed by atoms with Crippen LogP contribution in [0.5, 0.6) is 5.75 Å². The summed E-state index contributed by atoms with van der Waals surface area (Å²) in [5.41, 5.74) is 0.849. The largest absolute Gasteiger partial charge is 0.481 e. The van der Waals surface area contributed by atoms with Crippen molar-refractivity contribution in [2.75, 3.05) is 11.9 Å². The van der Waals surface area contributed by atoms with Crippen LogP contribution >= 0.6 is 23.2 Å². The monoisotopic (exact) mass is 394 g/mol. The molecule has 2 N–H and O–H groups in total. The molecule has 138 valence electrons. The number of ether oxygens (including phenoxy) is 1. The average molecular weight is 395 g/mol. The Morgan fingerprint density at radius 2 is 1.81 bits per heavy atom. The summed E-state index contributed by atoms with van der Waals surface area (Å²) < 4.78 is 5.57. The average Bonchev–Trinajstić information content (AvgIpc) is 2.61. The number of carbonyl (C=O) groups excluding carboxylic acids is 2. The quantitative estimate of drug-likeness (QED) is 0.724. The van der Waals surface area contributed by atoms with Gasteiger partial charge < -0.3 is 15.4 Å². The van der Waals surface area contributed by atoms with Crippen molar-refractivity contribution in [3.05, 3.63) is 58.1 Å². The molecule has 0 radical (unpaired) electrons. The zero-order chi connectivity index (χ0) is 19.1. The molecule has 1 atom stereocenters. The van der Waals surface area contributed by atoms with Crippen LogP contribution in [0.1, 0.15) is 30.6 Å². The number of benzene rings is 2.